The molecular formula is C11H20O. The molecule has 0 radical (unpaired) electrons. The number of carbonyl (C=O) groups is 1. The molecule has 0 bridgehead atoms. The molecule has 0 aromatic heterocycles. The van der Waals surface area contributed by atoms with E-state index in [1.165, 1.54) is 12.0 Å². The summed E-state index contributed by atoms with van der Waals surface area (Å²) in [6.07, 6.45) is 7.40. The zero-order valence-electron chi connectivity index (χ0n) is 8.47. The van der Waals surface area contributed by atoms with Crippen LogP contribution in [0.15, 0.2) is 11.6 Å². The Balaban J connectivity index is 3.37. The van der Waals surface area contributed by atoms with Gasteiger partial charge in [-0.2, -0.15) is 0 Å². The summed E-state index contributed by atoms with van der Waals surface area (Å²) in [7, 11) is 0. The highest BCUT2D eigenvalue weighted by Crippen LogP contribution is 2.12. The fourth-order valence-electron chi connectivity index (χ4n) is 1.15. The molecule has 0 unspecified atom stereocenters. The van der Waals surface area contributed by atoms with Crippen LogP contribution >= 0.6 is 0 Å². The van der Waals surface area contributed by atoms with E-state index in [1.807, 2.05) is 0 Å². The van der Waals surface area contributed by atoms with Crippen molar-refractivity contribution in [3.05, 3.63) is 11.6 Å². The van der Waals surface area contributed by atoms with Crippen molar-refractivity contribution in [2.75, 3.05) is 0 Å². The Morgan fingerprint density at radius 2 is 1.83 bits per heavy atom. The zero-order chi connectivity index (χ0) is 9.40. The third kappa shape index (κ3) is 7.52. The molecule has 70 valence electrons. The second-order valence-electron chi connectivity index (χ2n) is 3.71. The van der Waals surface area contributed by atoms with Crippen molar-refractivity contribution in [3.8, 4) is 0 Å². The average Bonchev–Trinajstić information content (AvgIpc) is 2.00. The molecule has 0 aromatic rings. The van der Waals surface area contributed by atoms with Crippen LogP contribution in [0.2, 0.25) is 0 Å². The summed E-state index contributed by atoms with van der Waals surface area (Å²) in [6.45, 7) is 6.45. The van der Waals surface area contributed by atoms with Crippen LogP contribution in [0.1, 0.15) is 46.5 Å². The highest BCUT2D eigenvalue weighted by molar-refractivity contribution is 5.49. The van der Waals surface area contributed by atoms with Crippen molar-refractivity contribution in [1.82, 2.24) is 0 Å². The molecule has 0 rings (SSSR count). The first kappa shape index (κ1) is 11.4. The molecule has 0 aliphatic rings. The summed E-state index contributed by atoms with van der Waals surface area (Å²) in [5, 5.41) is 0. The second kappa shape index (κ2) is 7.08. The summed E-state index contributed by atoms with van der Waals surface area (Å²) < 4.78 is 0. The van der Waals surface area contributed by atoms with Gasteiger partial charge in [-0.3, -0.25) is 0 Å². The maximum atomic E-state index is 10.1. The highest BCUT2D eigenvalue weighted by atomic mass is 16.1. The third-order valence-corrected chi connectivity index (χ3v) is 1.99. The summed E-state index contributed by atoms with van der Waals surface area (Å²) in [6, 6.07) is 0. The van der Waals surface area contributed by atoms with Gasteiger partial charge in [-0.25, -0.2) is 0 Å². The van der Waals surface area contributed by atoms with E-state index in [0.717, 1.165) is 25.5 Å². The van der Waals surface area contributed by atoms with Gasteiger partial charge in [-0.05, 0) is 39.0 Å². The maximum Gasteiger partial charge on any atom is 0.120 e. The van der Waals surface area contributed by atoms with Crippen LogP contribution in [-0.4, -0.2) is 6.29 Å². The number of allylic oxidation sites excluding steroid dienone is 2. The molecule has 0 aliphatic carbocycles. The summed E-state index contributed by atoms with van der Waals surface area (Å²) in [4.78, 5) is 10.1. The maximum absolute atomic E-state index is 10.1. The molecule has 0 amide bonds. The standard InChI is InChI=1S/C11H20O/c1-10(2)6-4-7-11(3)8-5-9-12/h6,9,11H,4-5,7-8H2,1-3H3/t11-/m0/s1. The molecule has 1 atom stereocenters. The molecule has 0 N–H and O–H groups in total. The van der Waals surface area contributed by atoms with Gasteiger partial charge >= 0.3 is 0 Å². The Labute approximate surface area is 75.9 Å². The topological polar surface area (TPSA) is 17.1 Å². The molecular weight excluding hydrogens is 148 g/mol. The second-order valence-corrected chi connectivity index (χ2v) is 3.71. The van der Waals surface area contributed by atoms with Crippen molar-refractivity contribution < 1.29 is 4.79 Å². The fraction of sp³-hybridized carbons (Fsp3) is 0.727. The Hall–Kier alpha value is -0.590. The van der Waals surface area contributed by atoms with Gasteiger partial charge in [-0.15, -0.1) is 0 Å². The van der Waals surface area contributed by atoms with E-state index in [4.69, 9.17) is 0 Å². The van der Waals surface area contributed by atoms with Crippen LogP contribution in [0.4, 0.5) is 0 Å². The first-order chi connectivity index (χ1) is 5.66. The molecule has 0 fully saturated rings. The Morgan fingerprint density at radius 1 is 1.25 bits per heavy atom. The number of rotatable bonds is 6. The van der Waals surface area contributed by atoms with Crippen LogP contribution in [-0.2, 0) is 4.79 Å². The van der Waals surface area contributed by atoms with Crippen molar-refractivity contribution >= 4 is 6.29 Å². The molecule has 12 heavy (non-hydrogen) atoms. The van der Waals surface area contributed by atoms with E-state index in [9.17, 15) is 4.79 Å². The van der Waals surface area contributed by atoms with E-state index < -0.39 is 0 Å². The van der Waals surface area contributed by atoms with E-state index in [2.05, 4.69) is 26.8 Å². The van der Waals surface area contributed by atoms with Crippen molar-refractivity contribution in [3.63, 3.8) is 0 Å². The van der Waals surface area contributed by atoms with Gasteiger partial charge in [0.25, 0.3) is 0 Å². The average molecular weight is 168 g/mol. The van der Waals surface area contributed by atoms with E-state index in [1.54, 1.807) is 0 Å². The lowest BCUT2D eigenvalue weighted by molar-refractivity contribution is -0.108. The first-order valence-corrected chi connectivity index (χ1v) is 4.73. The Kier molecular flexibility index (Phi) is 6.73. The zero-order valence-corrected chi connectivity index (χ0v) is 8.47. The third-order valence-electron chi connectivity index (χ3n) is 1.99. The van der Waals surface area contributed by atoms with Gasteiger partial charge in [0.05, 0.1) is 0 Å². The van der Waals surface area contributed by atoms with Crippen LogP contribution in [0.25, 0.3) is 0 Å². The molecule has 0 spiro atoms. The SMILES string of the molecule is CC(C)=CCC[C@H](C)CCC=O. The van der Waals surface area contributed by atoms with Gasteiger partial charge in [0.2, 0.25) is 0 Å². The number of carbonyl (C=O) groups excluding carboxylic acids is 1. The van der Waals surface area contributed by atoms with Crippen LogP contribution in [0.3, 0.4) is 0 Å². The minimum absolute atomic E-state index is 0.686. The lowest BCUT2D eigenvalue weighted by Gasteiger charge is -2.06. The smallest absolute Gasteiger partial charge is 0.120 e. The molecule has 0 saturated heterocycles. The van der Waals surface area contributed by atoms with Crippen LogP contribution in [0.5, 0.6) is 0 Å². The summed E-state index contributed by atoms with van der Waals surface area (Å²) >= 11 is 0. The fourth-order valence-corrected chi connectivity index (χ4v) is 1.15. The minimum atomic E-state index is 0.686. The molecule has 0 heterocycles. The quantitative estimate of drug-likeness (QED) is 0.439. The predicted octanol–water partition coefficient (Wildman–Crippen LogP) is 3.35. The molecule has 1 heteroatoms. The molecule has 0 aliphatic heterocycles. The van der Waals surface area contributed by atoms with Crippen LogP contribution < -0.4 is 0 Å². The van der Waals surface area contributed by atoms with Gasteiger partial charge < -0.3 is 4.79 Å². The lowest BCUT2D eigenvalue weighted by atomic mass is 10.00. The number of hydrogen-bond acceptors (Lipinski definition) is 1. The predicted molar refractivity (Wildman–Crippen MR) is 53.1 cm³/mol. The molecule has 1 nitrogen and oxygen atoms in total. The molecule has 0 saturated carbocycles. The van der Waals surface area contributed by atoms with Crippen molar-refractivity contribution in [2.45, 2.75) is 46.5 Å². The summed E-state index contributed by atoms with van der Waals surface area (Å²) in [5.74, 6) is 0.686. The monoisotopic (exact) mass is 168 g/mol. The van der Waals surface area contributed by atoms with E-state index in [0.29, 0.717) is 5.92 Å². The number of hydrogen-bond donors (Lipinski definition) is 0. The Bertz CT molecular complexity index is 143. The normalized spacial score (nSPS) is 12.2. The van der Waals surface area contributed by atoms with Gasteiger partial charge in [0.15, 0.2) is 0 Å². The van der Waals surface area contributed by atoms with E-state index in [-0.39, 0.29) is 0 Å². The van der Waals surface area contributed by atoms with E-state index >= 15 is 0 Å². The van der Waals surface area contributed by atoms with Gasteiger partial charge in [-0.1, -0.05) is 18.6 Å². The Morgan fingerprint density at radius 3 is 2.33 bits per heavy atom. The van der Waals surface area contributed by atoms with Gasteiger partial charge in [0.1, 0.15) is 6.29 Å². The first-order valence-electron chi connectivity index (χ1n) is 4.73. The highest BCUT2D eigenvalue weighted by Gasteiger charge is 1.99. The largest absolute Gasteiger partial charge is 0.303 e. The van der Waals surface area contributed by atoms with Gasteiger partial charge in [0, 0.05) is 6.42 Å². The van der Waals surface area contributed by atoms with Crippen molar-refractivity contribution in [1.29, 1.82) is 0 Å². The summed E-state index contributed by atoms with van der Waals surface area (Å²) in [5.41, 5.74) is 1.39. The van der Waals surface area contributed by atoms with Crippen molar-refractivity contribution in [2.24, 2.45) is 5.92 Å². The lowest BCUT2D eigenvalue weighted by Crippen LogP contribution is -1.94. The number of aldehydes is 1. The minimum Gasteiger partial charge on any atom is -0.303 e. The molecule has 0 aromatic carbocycles. The van der Waals surface area contributed by atoms with Crippen LogP contribution in [0, 0.1) is 5.92 Å².